The predicted molar refractivity (Wildman–Crippen MR) is 81.8 cm³/mol. The molecule has 20 heavy (non-hydrogen) atoms. The number of nitrogens with one attached hydrogen (secondary N) is 2. The quantitative estimate of drug-likeness (QED) is 0.873. The molecule has 2 N–H and O–H groups in total. The lowest BCUT2D eigenvalue weighted by Gasteiger charge is -2.33. The smallest absolute Gasteiger partial charge is 0.251 e. The Morgan fingerprint density at radius 1 is 1.25 bits per heavy atom. The van der Waals surface area contributed by atoms with Gasteiger partial charge in [-0.2, -0.15) is 0 Å². The van der Waals surface area contributed by atoms with Gasteiger partial charge in [0.1, 0.15) is 0 Å². The summed E-state index contributed by atoms with van der Waals surface area (Å²) in [6.07, 6.45) is 8.28. The van der Waals surface area contributed by atoms with Crippen LogP contribution in [0.1, 0.15) is 49.4 Å². The Kier molecular flexibility index (Phi) is 3.51. The Morgan fingerprint density at radius 2 is 2.05 bits per heavy atom. The lowest BCUT2D eigenvalue weighted by Crippen LogP contribution is -2.37. The monoisotopic (exact) mass is 270 g/mol. The maximum Gasteiger partial charge on any atom is 0.251 e. The molecule has 0 aliphatic heterocycles. The van der Waals surface area contributed by atoms with E-state index in [-0.39, 0.29) is 11.3 Å². The van der Waals surface area contributed by atoms with E-state index in [2.05, 4.69) is 17.2 Å². The number of aromatic amines is 1. The summed E-state index contributed by atoms with van der Waals surface area (Å²) in [5, 5.41) is 4.20. The van der Waals surface area contributed by atoms with Crippen LogP contribution in [0.5, 0.6) is 0 Å². The summed E-state index contributed by atoms with van der Waals surface area (Å²) >= 11 is 0. The van der Waals surface area contributed by atoms with E-state index in [1.54, 1.807) is 0 Å². The normalized spacial score (nSPS) is 18.1. The highest BCUT2D eigenvalue weighted by Gasteiger charge is 2.27. The van der Waals surface area contributed by atoms with Gasteiger partial charge in [-0.25, -0.2) is 0 Å². The lowest BCUT2D eigenvalue weighted by molar-refractivity contribution is 0.0919. The predicted octanol–water partition coefficient (Wildman–Crippen LogP) is 3.87. The third kappa shape index (κ3) is 2.72. The minimum absolute atomic E-state index is 0.0416. The number of carbonyl (C=O) groups excluding carboxylic acids is 1. The van der Waals surface area contributed by atoms with Crippen molar-refractivity contribution in [3.63, 3.8) is 0 Å². The van der Waals surface area contributed by atoms with E-state index >= 15 is 0 Å². The number of hydrogen-bond acceptors (Lipinski definition) is 1. The first-order valence-corrected chi connectivity index (χ1v) is 7.52. The fourth-order valence-electron chi connectivity index (χ4n) is 3.17. The Labute approximate surface area is 119 Å². The number of aromatic nitrogens is 1. The first kappa shape index (κ1) is 13.2. The SMILES string of the molecule is CC1(CNC(=O)c2ccc3[nH]ccc3c2)CCCCC1. The van der Waals surface area contributed by atoms with Gasteiger partial charge in [-0.15, -0.1) is 0 Å². The third-order valence-corrected chi connectivity index (χ3v) is 4.55. The van der Waals surface area contributed by atoms with Crippen molar-refractivity contribution >= 4 is 16.8 Å². The molecule has 3 nitrogen and oxygen atoms in total. The molecule has 0 bridgehead atoms. The number of rotatable bonds is 3. The molecule has 1 amide bonds. The van der Waals surface area contributed by atoms with E-state index in [1.807, 2.05) is 30.5 Å². The number of carbonyl (C=O) groups is 1. The molecule has 0 saturated heterocycles. The van der Waals surface area contributed by atoms with Crippen LogP contribution in [0, 0.1) is 5.41 Å². The zero-order valence-electron chi connectivity index (χ0n) is 12.0. The lowest BCUT2D eigenvalue weighted by atomic mass is 9.76. The number of benzene rings is 1. The maximum absolute atomic E-state index is 12.3. The zero-order valence-corrected chi connectivity index (χ0v) is 12.0. The second-order valence-electron chi connectivity index (χ2n) is 6.33. The van der Waals surface area contributed by atoms with Crippen LogP contribution in [0.2, 0.25) is 0 Å². The molecule has 1 aromatic carbocycles. The fourth-order valence-corrected chi connectivity index (χ4v) is 3.17. The average molecular weight is 270 g/mol. The van der Waals surface area contributed by atoms with E-state index in [4.69, 9.17) is 0 Å². The third-order valence-electron chi connectivity index (χ3n) is 4.55. The molecule has 0 spiro atoms. The molecule has 0 unspecified atom stereocenters. The van der Waals surface area contributed by atoms with E-state index in [0.29, 0.717) is 0 Å². The van der Waals surface area contributed by atoms with Gasteiger partial charge in [0.15, 0.2) is 0 Å². The van der Waals surface area contributed by atoms with Crippen molar-refractivity contribution in [3.8, 4) is 0 Å². The highest BCUT2D eigenvalue weighted by atomic mass is 16.1. The summed E-state index contributed by atoms with van der Waals surface area (Å²) in [5.74, 6) is 0.0416. The van der Waals surface area contributed by atoms with Gasteiger partial charge in [0.2, 0.25) is 0 Å². The minimum Gasteiger partial charge on any atom is -0.361 e. The van der Waals surface area contributed by atoms with Gasteiger partial charge in [0, 0.05) is 29.2 Å². The van der Waals surface area contributed by atoms with Gasteiger partial charge >= 0.3 is 0 Å². The Hall–Kier alpha value is -1.77. The van der Waals surface area contributed by atoms with E-state index in [0.717, 1.165) is 23.0 Å². The second-order valence-corrected chi connectivity index (χ2v) is 6.33. The molecule has 1 aromatic heterocycles. The van der Waals surface area contributed by atoms with Crippen LogP contribution in [-0.4, -0.2) is 17.4 Å². The van der Waals surface area contributed by atoms with Crippen LogP contribution < -0.4 is 5.32 Å². The van der Waals surface area contributed by atoms with Gasteiger partial charge in [0.05, 0.1) is 0 Å². The van der Waals surface area contributed by atoms with Crippen molar-refractivity contribution < 1.29 is 4.79 Å². The van der Waals surface area contributed by atoms with Crippen LogP contribution in [0.25, 0.3) is 10.9 Å². The number of H-pyrrole nitrogens is 1. The molecule has 1 heterocycles. The van der Waals surface area contributed by atoms with Crippen molar-refractivity contribution in [3.05, 3.63) is 36.0 Å². The van der Waals surface area contributed by atoms with Gasteiger partial charge in [0.25, 0.3) is 5.91 Å². The molecular weight excluding hydrogens is 248 g/mol. The Balaban J connectivity index is 1.66. The molecule has 1 fully saturated rings. The first-order valence-electron chi connectivity index (χ1n) is 7.52. The summed E-state index contributed by atoms with van der Waals surface area (Å²) in [6, 6.07) is 7.79. The largest absolute Gasteiger partial charge is 0.361 e. The molecule has 1 saturated carbocycles. The van der Waals surface area contributed by atoms with Gasteiger partial charge in [-0.1, -0.05) is 26.2 Å². The summed E-state index contributed by atoms with van der Waals surface area (Å²) in [6.45, 7) is 3.08. The van der Waals surface area contributed by atoms with E-state index in [1.165, 1.54) is 32.1 Å². The molecule has 2 aromatic rings. The zero-order chi connectivity index (χ0) is 14.0. The Bertz CT molecular complexity index is 608. The van der Waals surface area contributed by atoms with Gasteiger partial charge in [-0.3, -0.25) is 4.79 Å². The first-order chi connectivity index (χ1) is 9.66. The number of fused-ring (bicyclic) bond motifs is 1. The van der Waals surface area contributed by atoms with Crippen molar-refractivity contribution in [1.82, 2.24) is 10.3 Å². The molecule has 1 aliphatic rings. The molecule has 106 valence electrons. The maximum atomic E-state index is 12.3. The van der Waals surface area contributed by atoms with E-state index in [9.17, 15) is 4.79 Å². The van der Waals surface area contributed by atoms with Crippen LogP contribution in [0.15, 0.2) is 30.5 Å². The van der Waals surface area contributed by atoms with Crippen molar-refractivity contribution in [1.29, 1.82) is 0 Å². The van der Waals surface area contributed by atoms with Crippen LogP contribution in [0.3, 0.4) is 0 Å². The van der Waals surface area contributed by atoms with Crippen LogP contribution in [0.4, 0.5) is 0 Å². The average Bonchev–Trinajstić information content (AvgIpc) is 2.93. The standard InChI is InChI=1S/C17H22N2O/c1-17(8-3-2-4-9-17)12-19-16(20)14-5-6-15-13(11-14)7-10-18-15/h5-7,10-11,18H,2-4,8-9,12H2,1H3,(H,19,20). The summed E-state index contributed by atoms with van der Waals surface area (Å²) in [4.78, 5) is 15.4. The van der Waals surface area contributed by atoms with Crippen molar-refractivity contribution in [2.45, 2.75) is 39.0 Å². The summed E-state index contributed by atoms with van der Waals surface area (Å²) < 4.78 is 0. The summed E-state index contributed by atoms with van der Waals surface area (Å²) in [5.41, 5.74) is 2.10. The molecule has 0 atom stereocenters. The van der Waals surface area contributed by atoms with Gasteiger partial charge in [-0.05, 0) is 42.5 Å². The Morgan fingerprint density at radius 3 is 2.85 bits per heavy atom. The topological polar surface area (TPSA) is 44.9 Å². The number of amides is 1. The molecular formula is C17H22N2O. The van der Waals surface area contributed by atoms with Crippen LogP contribution >= 0.6 is 0 Å². The van der Waals surface area contributed by atoms with Crippen LogP contribution in [-0.2, 0) is 0 Å². The molecule has 3 heteroatoms. The summed E-state index contributed by atoms with van der Waals surface area (Å²) in [7, 11) is 0. The number of hydrogen-bond donors (Lipinski definition) is 2. The minimum atomic E-state index is 0.0416. The second kappa shape index (κ2) is 5.31. The van der Waals surface area contributed by atoms with Crippen molar-refractivity contribution in [2.24, 2.45) is 5.41 Å². The highest BCUT2D eigenvalue weighted by Crippen LogP contribution is 2.34. The molecule has 0 radical (unpaired) electrons. The highest BCUT2D eigenvalue weighted by molar-refractivity contribution is 5.98. The molecule has 3 rings (SSSR count). The fraction of sp³-hybridized carbons (Fsp3) is 0.471. The van der Waals surface area contributed by atoms with Crippen molar-refractivity contribution in [2.75, 3.05) is 6.54 Å². The van der Waals surface area contributed by atoms with Gasteiger partial charge < -0.3 is 10.3 Å². The molecule has 1 aliphatic carbocycles. The van der Waals surface area contributed by atoms with E-state index < -0.39 is 0 Å².